The fourth-order valence-electron chi connectivity index (χ4n) is 2.49. The van der Waals surface area contributed by atoms with E-state index in [0.717, 1.165) is 45.2 Å². The number of morpholine rings is 1. The van der Waals surface area contributed by atoms with Crippen LogP contribution in [0.15, 0.2) is 24.3 Å². The summed E-state index contributed by atoms with van der Waals surface area (Å²) >= 11 is 0. The van der Waals surface area contributed by atoms with E-state index in [9.17, 15) is 0 Å². The van der Waals surface area contributed by atoms with E-state index in [4.69, 9.17) is 9.47 Å². The van der Waals surface area contributed by atoms with E-state index in [1.54, 1.807) is 0 Å². The van der Waals surface area contributed by atoms with Crippen LogP contribution >= 0.6 is 0 Å². The number of hydrogen-bond acceptors (Lipinski definition) is 3. The van der Waals surface area contributed by atoms with E-state index in [1.807, 2.05) is 0 Å². The Morgan fingerprint density at radius 1 is 1.26 bits per heavy atom. The van der Waals surface area contributed by atoms with E-state index in [2.05, 4.69) is 29.6 Å². The summed E-state index contributed by atoms with van der Waals surface area (Å²) in [5.74, 6) is 0.838. The largest absolute Gasteiger partial charge is 0.376 e. The summed E-state index contributed by atoms with van der Waals surface area (Å²) in [7, 11) is 0. The van der Waals surface area contributed by atoms with Crippen LogP contribution in [-0.4, -0.2) is 32.4 Å². The lowest BCUT2D eigenvalue weighted by molar-refractivity contribution is 0.0292. The van der Waals surface area contributed by atoms with E-state index in [1.165, 1.54) is 24.0 Å². The minimum absolute atomic E-state index is 0.316. The average Bonchev–Trinajstić information content (AvgIpc) is 3.25. The van der Waals surface area contributed by atoms with Gasteiger partial charge in [-0.3, -0.25) is 0 Å². The molecule has 0 unspecified atom stereocenters. The molecule has 1 saturated heterocycles. The van der Waals surface area contributed by atoms with Gasteiger partial charge in [0, 0.05) is 19.7 Å². The third kappa shape index (κ3) is 4.30. The SMILES string of the molecule is c1cc(COCC2CC2)cc(C[C@@H]2CNCCO2)c1. The molecule has 3 rings (SSSR count). The molecule has 19 heavy (non-hydrogen) atoms. The number of nitrogens with one attached hydrogen (secondary N) is 1. The van der Waals surface area contributed by atoms with E-state index in [0.29, 0.717) is 6.10 Å². The highest BCUT2D eigenvalue weighted by Gasteiger charge is 2.21. The summed E-state index contributed by atoms with van der Waals surface area (Å²) in [6.45, 7) is 4.44. The minimum Gasteiger partial charge on any atom is -0.376 e. The molecule has 1 N–H and O–H groups in total. The van der Waals surface area contributed by atoms with Crippen LogP contribution in [0.1, 0.15) is 24.0 Å². The molecule has 0 aromatic heterocycles. The van der Waals surface area contributed by atoms with Crippen LogP contribution < -0.4 is 5.32 Å². The monoisotopic (exact) mass is 261 g/mol. The Morgan fingerprint density at radius 3 is 2.95 bits per heavy atom. The first-order valence-corrected chi connectivity index (χ1v) is 7.38. The second kappa shape index (κ2) is 6.51. The van der Waals surface area contributed by atoms with Crippen molar-refractivity contribution < 1.29 is 9.47 Å². The molecule has 1 atom stereocenters. The van der Waals surface area contributed by atoms with Crippen LogP contribution in [-0.2, 0) is 22.5 Å². The molecule has 1 heterocycles. The zero-order chi connectivity index (χ0) is 12.9. The quantitative estimate of drug-likeness (QED) is 0.851. The zero-order valence-electron chi connectivity index (χ0n) is 11.4. The van der Waals surface area contributed by atoms with Gasteiger partial charge in [-0.15, -0.1) is 0 Å². The van der Waals surface area contributed by atoms with Gasteiger partial charge >= 0.3 is 0 Å². The third-order valence-corrected chi connectivity index (χ3v) is 3.78. The van der Waals surface area contributed by atoms with Crippen molar-refractivity contribution in [2.75, 3.05) is 26.3 Å². The highest BCUT2D eigenvalue weighted by molar-refractivity contribution is 5.23. The molecule has 0 radical (unpaired) electrons. The summed E-state index contributed by atoms with van der Waals surface area (Å²) in [4.78, 5) is 0. The predicted octanol–water partition coefficient (Wildman–Crippen LogP) is 2.14. The van der Waals surface area contributed by atoms with Gasteiger partial charge in [-0.2, -0.15) is 0 Å². The van der Waals surface area contributed by atoms with Crippen LogP contribution in [0.3, 0.4) is 0 Å². The van der Waals surface area contributed by atoms with Crippen molar-refractivity contribution in [1.29, 1.82) is 0 Å². The van der Waals surface area contributed by atoms with Crippen molar-refractivity contribution in [3.8, 4) is 0 Å². The maximum Gasteiger partial charge on any atom is 0.0740 e. The molecular formula is C16H23NO2. The molecule has 3 nitrogen and oxygen atoms in total. The molecule has 1 aromatic carbocycles. The number of benzene rings is 1. The molecule has 0 amide bonds. The van der Waals surface area contributed by atoms with Crippen molar-refractivity contribution >= 4 is 0 Å². The van der Waals surface area contributed by atoms with Crippen molar-refractivity contribution in [3.63, 3.8) is 0 Å². The third-order valence-electron chi connectivity index (χ3n) is 3.78. The second-order valence-electron chi connectivity index (χ2n) is 5.68. The van der Waals surface area contributed by atoms with Crippen LogP contribution in [0.2, 0.25) is 0 Å². The Hall–Kier alpha value is -0.900. The Labute approximate surface area is 115 Å². The number of ether oxygens (including phenoxy) is 2. The molecule has 2 aliphatic rings. The highest BCUT2D eigenvalue weighted by Crippen LogP contribution is 2.29. The highest BCUT2D eigenvalue weighted by atomic mass is 16.5. The fraction of sp³-hybridized carbons (Fsp3) is 0.625. The molecule has 1 saturated carbocycles. The fourth-order valence-corrected chi connectivity index (χ4v) is 2.49. The van der Waals surface area contributed by atoms with Crippen LogP contribution in [0.5, 0.6) is 0 Å². The molecule has 0 spiro atoms. The normalized spacial score (nSPS) is 23.5. The maximum atomic E-state index is 5.75. The first-order chi connectivity index (χ1) is 9.40. The summed E-state index contributed by atoms with van der Waals surface area (Å²) in [5, 5.41) is 3.37. The van der Waals surface area contributed by atoms with E-state index < -0.39 is 0 Å². The van der Waals surface area contributed by atoms with E-state index >= 15 is 0 Å². The number of hydrogen-bond donors (Lipinski definition) is 1. The Morgan fingerprint density at radius 2 is 2.16 bits per heavy atom. The molecule has 2 fully saturated rings. The first kappa shape index (κ1) is 13.1. The molecule has 3 heteroatoms. The minimum atomic E-state index is 0.316. The standard InChI is InChI=1S/C16H23NO2/c1-2-14(9-16-10-17-6-7-19-16)8-15(3-1)12-18-11-13-4-5-13/h1-3,8,13,16-17H,4-7,9-12H2/t16-/m1/s1. The van der Waals surface area contributed by atoms with Gasteiger partial charge in [0.2, 0.25) is 0 Å². The van der Waals surface area contributed by atoms with Gasteiger partial charge in [0.25, 0.3) is 0 Å². The van der Waals surface area contributed by atoms with Gasteiger partial charge in [0.15, 0.2) is 0 Å². The summed E-state index contributed by atoms with van der Waals surface area (Å²) in [6, 6.07) is 8.71. The topological polar surface area (TPSA) is 30.5 Å². The molecule has 1 aliphatic heterocycles. The van der Waals surface area contributed by atoms with Gasteiger partial charge < -0.3 is 14.8 Å². The van der Waals surface area contributed by atoms with Crippen molar-refractivity contribution in [2.24, 2.45) is 5.92 Å². The van der Waals surface area contributed by atoms with Crippen molar-refractivity contribution in [3.05, 3.63) is 35.4 Å². The molecular weight excluding hydrogens is 238 g/mol. The Bertz CT molecular complexity index is 397. The van der Waals surface area contributed by atoms with Gasteiger partial charge in [-0.1, -0.05) is 24.3 Å². The van der Waals surface area contributed by atoms with Crippen LogP contribution in [0.4, 0.5) is 0 Å². The second-order valence-corrected chi connectivity index (χ2v) is 5.68. The van der Waals surface area contributed by atoms with E-state index in [-0.39, 0.29) is 0 Å². The smallest absolute Gasteiger partial charge is 0.0740 e. The summed E-state index contributed by atoms with van der Waals surface area (Å²) < 4.78 is 11.5. The lowest BCUT2D eigenvalue weighted by Crippen LogP contribution is -2.39. The molecule has 1 aromatic rings. The molecule has 0 bridgehead atoms. The lowest BCUT2D eigenvalue weighted by atomic mass is 10.0. The number of rotatable bonds is 6. The maximum absolute atomic E-state index is 5.75. The van der Waals surface area contributed by atoms with Crippen molar-refractivity contribution in [1.82, 2.24) is 5.32 Å². The van der Waals surface area contributed by atoms with Gasteiger partial charge in [-0.05, 0) is 36.3 Å². The van der Waals surface area contributed by atoms with Gasteiger partial charge in [-0.25, -0.2) is 0 Å². The van der Waals surface area contributed by atoms with Gasteiger partial charge in [0.05, 0.1) is 19.3 Å². The summed E-state index contributed by atoms with van der Waals surface area (Å²) in [5.41, 5.74) is 2.63. The zero-order valence-corrected chi connectivity index (χ0v) is 11.4. The Balaban J connectivity index is 1.49. The lowest BCUT2D eigenvalue weighted by Gasteiger charge is -2.23. The Kier molecular flexibility index (Phi) is 4.49. The summed E-state index contributed by atoms with van der Waals surface area (Å²) in [6.07, 6.45) is 4.01. The average molecular weight is 261 g/mol. The van der Waals surface area contributed by atoms with Crippen LogP contribution in [0.25, 0.3) is 0 Å². The van der Waals surface area contributed by atoms with Gasteiger partial charge in [0.1, 0.15) is 0 Å². The first-order valence-electron chi connectivity index (χ1n) is 7.38. The van der Waals surface area contributed by atoms with Crippen molar-refractivity contribution in [2.45, 2.75) is 32.0 Å². The van der Waals surface area contributed by atoms with Crippen LogP contribution in [0, 0.1) is 5.92 Å². The molecule has 104 valence electrons. The predicted molar refractivity (Wildman–Crippen MR) is 75.1 cm³/mol. The molecule has 1 aliphatic carbocycles.